The number of halogens is 1. The Morgan fingerprint density at radius 2 is 1.76 bits per heavy atom. The molecule has 0 saturated carbocycles. The summed E-state index contributed by atoms with van der Waals surface area (Å²) in [6, 6.07) is 19.7. The van der Waals surface area contributed by atoms with Crippen molar-refractivity contribution in [1.29, 1.82) is 0 Å². The highest BCUT2D eigenvalue weighted by molar-refractivity contribution is 9.10. The van der Waals surface area contributed by atoms with Crippen LogP contribution in [0.25, 0.3) is 6.08 Å². The molecular formula is C27H26BrNO5. The fourth-order valence-corrected chi connectivity index (χ4v) is 3.83. The summed E-state index contributed by atoms with van der Waals surface area (Å²) in [4.78, 5) is 24.0. The van der Waals surface area contributed by atoms with Crippen LogP contribution in [0.2, 0.25) is 0 Å². The second-order valence-corrected chi connectivity index (χ2v) is 8.59. The minimum absolute atomic E-state index is 0.197. The Kier molecular flexibility index (Phi) is 8.87. The molecule has 0 heterocycles. The molecule has 0 aliphatic carbocycles. The van der Waals surface area contributed by atoms with Crippen molar-refractivity contribution in [2.24, 2.45) is 0 Å². The summed E-state index contributed by atoms with van der Waals surface area (Å²) >= 11 is 3.51. The Labute approximate surface area is 207 Å². The van der Waals surface area contributed by atoms with Gasteiger partial charge in [0.25, 0.3) is 0 Å². The largest absolute Gasteiger partial charge is 0.493 e. The number of rotatable bonds is 10. The first kappa shape index (κ1) is 25.1. The molecule has 3 rings (SSSR count). The van der Waals surface area contributed by atoms with E-state index in [1.54, 1.807) is 25.3 Å². The van der Waals surface area contributed by atoms with Crippen molar-refractivity contribution >= 4 is 33.9 Å². The predicted molar refractivity (Wildman–Crippen MR) is 135 cm³/mol. The topological polar surface area (TPSA) is 84.9 Å². The molecule has 6 nitrogen and oxygen atoms in total. The average Bonchev–Trinajstić information content (AvgIpc) is 2.83. The van der Waals surface area contributed by atoms with Crippen LogP contribution in [0.15, 0.2) is 77.3 Å². The first-order chi connectivity index (χ1) is 16.4. The summed E-state index contributed by atoms with van der Waals surface area (Å²) in [5.74, 6) is -0.532. The number of amides is 1. The average molecular weight is 524 g/mol. The van der Waals surface area contributed by atoms with Crippen LogP contribution in [0.4, 0.5) is 0 Å². The van der Waals surface area contributed by atoms with Crippen LogP contribution in [0, 0.1) is 6.92 Å². The van der Waals surface area contributed by atoms with E-state index in [0.717, 1.165) is 11.1 Å². The number of aliphatic carboxylic acids is 1. The van der Waals surface area contributed by atoms with Gasteiger partial charge >= 0.3 is 5.97 Å². The van der Waals surface area contributed by atoms with Crippen molar-refractivity contribution in [2.45, 2.75) is 26.0 Å². The molecule has 0 radical (unpaired) electrons. The van der Waals surface area contributed by atoms with Crippen molar-refractivity contribution in [3.05, 3.63) is 99.5 Å². The van der Waals surface area contributed by atoms with E-state index in [2.05, 4.69) is 21.2 Å². The Morgan fingerprint density at radius 3 is 2.41 bits per heavy atom. The lowest BCUT2D eigenvalue weighted by Gasteiger charge is -2.14. The third-order valence-electron chi connectivity index (χ3n) is 5.08. The summed E-state index contributed by atoms with van der Waals surface area (Å²) in [5, 5.41) is 12.0. The third kappa shape index (κ3) is 7.22. The highest BCUT2D eigenvalue weighted by atomic mass is 79.9. The number of aryl methyl sites for hydroxylation is 1. The number of nitrogens with one attached hydrogen (secondary N) is 1. The number of carboxylic acids is 1. The van der Waals surface area contributed by atoms with Gasteiger partial charge in [-0.3, -0.25) is 4.79 Å². The Hall–Kier alpha value is -3.58. The zero-order valence-electron chi connectivity index (χ0n) is 19.0. The van der Waals surface area contributed by atoms with Gasteiger partial charge in [0.1, 0.15) is 12.6 Å². The molecule has 1 atom stereocenters. The molecule has 1 unspecified atom stereocenters. The van der Waals surface area contributed by atoms with E-state index < -0.39 is 17.9 Å². The smallest absolute Gasteiger partial charge is 0.326 e. The zero-order chi connectivity index (χ0) is 24.5. The van der Waals surface area contributed by atoms with Crippen LogP contribution in [-0.4, -0.2) is 30.1 Å². The van der Waals surface area contributed by atoms with Gasteiger partial charge in [0.05, 0.1) is 11.6 Å². The van der Waals surface area contributed by atoms with Crippen LogP contribution < -0.4 is 14.8 Å². The maximum Gasteiger partial charge on any atom is 0.326 e. The molecule has 7 heteroatoms. The molecule has 176 valence electrons. The Bertz CT molecular complexity index is 1160. The molecule has 0 spiro atoms. The lowest BCUT2D eigenvalue weighted by molar-refractivity contribution is -0.141. The van der Waals surface area contributed by atoms with Crippen LogP contribution in [-0.2, 0) is 22.6 Å². The zero-order valence-corrected chi connectivity index (χ0v) is 20.5. The summed E-state index contributed by atoms with van der Waals surface area (Å²) in [6.45, 7) is 2.41. The van der Waals surface area contributed by atoms with Gasteiger partial charge < -0.3 is 19.9 Å². The number of hydrogen-bond acceptors (Lipinski definition) is 4. The van der Waals surface area contributed by atoms with E-state index in [1.807, 2.05) is 61.5 Å². The van der Waals surface area contributed by atoms with E-state index in [0.29, 0.717) is 28.1 Å². The maximum absolute atomic E-state index is 12.4. The standard InChI is InChI=1S/C27H26BrNO5/c1-18-8-10-20(11-9-18)17-34-26-22(28)14-21(16-24(26)33-2)12-13-25(30)29-23(27(31)32)15-19-6-4-3-5-7-19/h3-14,16,23H,15,17H2,1-2H3,(H,29,30)(H,31,32)/b13-12+. The van der Waals surface area contributed by atoms with Crippen molar-refractivity contribution < 1.29 is 24.2 Å². The van der Waals surface area contributed by atoms with E-state index in [9.17, 15) is 14.7 Å². The summed E-state index contributed by atoms with van der Waals surface area (Å²) in [6.07, 6.45) is 3.09. The van der Waals surface area contributed by atoms with Crippen LogP contribution in [0.3, 0.4) is 0 Å². The lowest BCUT2D eigenvalue weighted by Crippen LogP contribution is -2.41. The molecule has 2 N–H and O–H groups in total. The minimum atomic E-state index is -1.09. The molecule has 0 aliphatic rings. The van der Waals surface area contributed by atoms with E-state index >= 15 is 0 Å². The van der Waals surface area contributed by atoms with Gasteiger partial charge in [0.15, 0.2) is 11.5 Å². The fraction of sp³-hybridized carbons (Fsp3) is 0.185. The highest BCUT2D eigenvalue weighted by Gasteiger charge is 2.19. The SMILES string of the molecule is COc1cc(/C=C/C(=O)NC(Cc2ccccc2)C(=O)O)cc(Br)c1OCc1ccc(C)cc1. The summed E-state index contributed by atoms with van der Waals surface area (Å²) < 4.78 is 12.1. The van der Waals surface area contributed by atoms with E-state index in [-0.39, 0.29) is 6.42 Å². The number of carboxylic acid groups (broad SMARTS) is 1. The van der Waals surface area contributed by atoms with Gasteiger partial charge in [-0.2, -0.15) is 0 Å². The van der Waals surface area contributed by atoms with Crippen LogP contribution >= 0.6 is 15.9 Å². The highest BCUT2D eigenvalue weighted by Crippen LogP contribution is 2.37. The van der Waals surface area contributed by atoms with Crippen molar-refractivity contribution in [1.82, 2.24) is 5.32 Å². The monoisotopic (exact) mass is 523 g/mol. The Morgan fingerprint density at radius 1 is 1.06 bits per heavy atom. The predicted octanol–water partition coefficient (Wildman–Crippen LogP) is 5.17. The van der Waals surface area contributed by atoms with Crippen LogP contribution in [0.1, 0.15) is 22.3 Å². The number of methoxy groups -OCH3 is 1. The van der Waals surface area contributed by atoms with Gasteiger partial charge in [-0.25, -0.2) is 4.79 Å². The van der Waals surface area contributed by atoms with Gasteiger partial charge in [-0.1, -0.05) is 60.2 Å². The molecule has 0 bridgehead atoms. The fourth-order valence-electron chi connectivity index (χ4n) is 3.26. The second kappa shape index (κ2) is 12.0. The molecule has 3 aromatic rings. The molecular weight excluding hydrogens is 498 g/mol. The molecule has 34 heavy (non-hydrogen) atoms. The normalized spacial score (nSPS) is 11.7. The quantitative estimate of drug-likeness (QED) is 0.358. The third-order valence-corrected chi connectivity index (χ3v) is 5.67. The van der Waals surface area contributed by atoms with Crippen molar-refractivity contribution in [2.75, 3.05) is 7.11 Å². The number of ether oxygens (including phenoxy) is 2. The maximum atomic E-state index is 12.4. The molecule has 0 saturated heterocycles. The van der Waals surface area contributed by atoms with Gasteiger partial charge in [0.2, 0.25) is 5.91 Å². The number of hydrogen-bond donors (Lipinski definition) is 2. The molecule has 0 fully saturated rings. The minimum Gasteiger partial charge on any atom is -0.493 e. The lowest BCUT2D eigenvalue weighted by atomic mass is 10.1. The first-order valence-electron chi connectivity index (χ1n) is 10.7. The molecule has 0 aliphatic heterocycles. The summed E-state index contributed by atoms with van der Waals surface area (Å²) in [5.41, 5.74) is 3.73. The van der Waals surface area contributed by atoms with Gasteiger partial charge in [-0.15, -0.1) is 0 Å². The van der Waals surface area contributed by atoms with Crippen molar-refractivity contribution in [3.63, 3.8) is 0 Å². The number of carbonyl (C=O) groups is 2. The van der Waals surface area contributed by atoms with Crippen LogP contribution in [0.5, 0.6) is 11.5 Å². The van der Waals surface area contributed by atoms with E-state index in [1.165, 1.54) is 11.6 Å². The number of carbonyl (C=O) groups excluding carboxylic acids is 1. The van der Waals surface area contributed by atoms with Gasteiger partial charge in [-0.05, 0) is 57.8 Å². The first-order valence-corrected chi connectivity index (χ1v) is 11.5. The molecule has 0 aromatic heterocycles. The second-order valence-electron chi connectivity index (χ2n) is 7.73. The molecule has 3 aromatic carbocycles. The van der Waals surface area contributed by atoms with E-state index in [4.69, 9.17) is 9.47 Å². The van der Waals surface area contributed by atoms with Gasteiger partial charge in [0, 0.05) is 12.5 Å². The summed E-state index contributed by atoms with van der Waals surface area (Å²) in [7, 11) is 1.54. The molecule has 1 amide bonds. The Balaban J connectivity index is 1.67. The number of benzene rings is 3. The van der Waals surface area contributed by atoms with Crippen molar-refractivity contribution in [3.8, 4) is 11.5 Å².